The molecular weight excluding hydrogens is 292 g/mol. The molecule has 21 heavy (non-hydrogen) atoms. The predicted molar refractivity (Wildman–Crippen MR) is 79.7 cm³/mol. The molecule has 1 unspecified atom stereocenters. The first kappa shape index (κ1) is 15.9. The third kappa shape index (κ3) is 3.09. The van der Waals surface area contributed by atoms with E-state index in [2.05, 4.69) is 0 Å². The molecule has 1 aliphatic rings. The number of nitrogens with zero attached hydrogens (tertiary/aromatic N) is 2. The van der Waals surface area contributed by atoms with Gasteiger partial charge in [-0.05, 0) is 37.1 Å². The molecule has 1 aliphatic heterocycles. The molecule has 1 aromatic rings. The van der Waals surface area contributed by atoms with Gasteiger partial charge in [-0.3, -0.25) is 4.79 Å². The van der Waals surface area contributed by atoms with E-state index >= 15 is 0 Å². The highest BCUT2D eigenvalue weighted by molar-refractivity contribution is 7.89. The number of aliphatic hydroxyl groups excluding tert-OH is 1. The van der Waals surface area contributed by atoms with Crippen LogP contribution in [0.5, 0.6) is 0 Å². The SMILES string of the molecule is CC(=O)N1CCc2cc(S(=O)(=O)N(C)CC(C)O)ccc21. The molecule has 0 bridgehead atoms. The summed E-state index contributed by atoms with van der Waals surface area (Å²) in [6.07, 6.45) is -0.0781. The fourth-order valence-corrected chi connectivity index (χ4v) is 3.82. The van der Waals surface area contributed by atoms with Gasteiger partial charge in [0.15, 0.2) is 0 Å². The van der Waals surface area contributed by atoms with Crippen molar-refractivity contribution in [3.8, 4) is 0 Å². The molecule has 1 atom stereocenters. The molecule has 1 amide bonds. The number of likely N-dealkylation sites (N-methyl/N-ethyl adjacent to an activating group) is 1. The van der Waals surface area contributed by atoms with Crippen LogP contribution in [0.1, 0.15) is 19.4 Å². The lowest BCUT2D eigenvalue weighted by Gasteiger charge is -2.19. The van der Waals surface area contributed by atoms with E-state index in [1.165, 1.54) is 20.0 Å². The fraction of sp³-hybridized carbons (Fsp3) is 0.500. The minimum absolute atomic E-state index is 0.0407. The Balaban J connectivity index is 2.33. The number of rotatable bonds is 4. The summed E-state index contributed by atoms with van der Waals surface area (Å²) in [6, 6.07) is 4.80. The minimum atomic E-state index is -3.62. The number of carbonyl (C=O) groups excluding carboxylic acids is 1. The monoisotopic (exact) mass is 312 g/mol. The smallest absolute Gasteiger partial charge is 0.242 e. The van der Waals surface area contributed by atoms with Gasteiger partial charge in [-0.15, -0.1) is 0 Å². The van der Waals surface area contributed by atoms with Crippen molar-refractivity contribution in [1.29, 1.82) is 0 Å². The lowest BCUT2D eigenvalue weighted by atomic mass is 10.2. The van der Waals surface area contributed by atoms with Crippen molar-refractivity contribution in [3.63, 3.8) is 0 Å². The average molecular weight is 312 g/mol. The lowest BCUT2D eigenvalue weighted by molar-refractivity contribution is -0.116. The van der Waals surface area contributed by atoms with Crippen LogP contribution in [0.15, 0.2) is 23.1 Å². The molecule has 0 saturated carbocycles. The second-order valence-electron chi connectivity index (χ2n) is 5.35. The Kier molecular flexibility index (Phi) is 4.36. The first-order chi connectivity index (χ1) is 9.73. The third-order valence-corrected chi connectivity index (χ3v) is 5.38. The Labute approximate surface area is 125 Å². The molecule has 0 radical (unpaired) electrons. The van der Waals surface area contributed by atoms with E-state index in [9.17, 15) is 18.3 Å². The normalized spacial score (nSPS) is 16.1. The molecule has 1 aromatic carbocycles. The first-order valence-electron chi connectivity index (χ1n) is 6.79. The Morgan fingerprint density at radius 1 is 1.48 bits per heavy atom. The number of hydrogen-bond donors (Lipinski definition) is 1. The Morgan fingerprint density at radius 3 is 2.71 bits per heavy atom. The van der Waals surface area contributed by atoms with E-state index < -0.39 is 16.1 Å². The zero-order valence-corrected chi connectivity index (χ0v) is 13.2. The largest absolute Gasteiger partial charge is 0.392 e. The second-order valence-corrected chi connectivity index (χ2v) is 7.39. The highest BCUT2D eigenvalue weighted by Crippen LogP contribution is 2.30. The first-order valence-corrected chi connectivity index (χ1v) is 8.23. The van der Waals surface area contributed by atoms with Crippen LogP contribution in [0.4, 0.5) is 5.69 Å². The average Bonchev–Trinajstić information content (AvgIpc) is 2.80. The molecule has 0 spiro atoms. The van der Waals surface area contributed by atoms with Gasteiger partial charge in [0.2, 0.25) is 15.9 Å². The van der Waals surface area contributed by atoms with Gasteiger partial charge in [0.1, 0.15) is 0 Å². The highest BCUT2D eigenvalue weighted by Gasteiger charge is 2.27. The van der Waals surface area contributed by atoms with Crippen LogP contribution in [0.25, 0.3) is 0 Å². The third-order valence-electron chi connectivity index (χ3n) is 3.56. The zero-order chi connectivity index (χ0) is 15.8. The van der Waals surface area contributed by atoms with Crippen LogP contribution in [-0.2, 0) is 21.2 Å². The van der Waals surface area contributed by atoms with Crippen LogP contribution >= 0.6 is 0 Å². The van der Waals surface area contributed by atoms with Gasteiger partial charge in [-0.25, -0.2) is 8.42 Å². The van der Waals surface area contributed by atoms with Crippen LogP contribution in [0.3, 0.4) is 0 Å². The van der Waals surface area contributed by atoms with Crippen molar-refractivity contribution in [2.75, 3.05) is 25.0 Å². The molecule has 0 saturated heterocycles. The summed E-state index contributed by atoms with van der Waals surface area (Å²) in [5.74, 6) is -0.0458. The number of fused-ring (bicyclic) bond motifs is 1. The van der Waals surface area contributed by atoms with Crippen molar-refractivity contribution in [2.24, 2.45) is 0 Å². The molecule has 116 valence electrons. The van der Waals surface area contributed by atoms with Crippen molar-refractivity contribution < 1.29 is 18.3 Å². The van der Waals surface area contributed by atoms with E-state index in [0.717, 1.165) is 15.6 Å². The second kappa shape index (κ2) is 5.75. The summed E-state index contributed by atoms with van der Waals surface area (Å²) in [7, 11) is -2.18. The van der Waals surface area contributed by atoms with Gasteiger partial charge in [-0.2, -0.15) is 4.31 Å². The lowest BCUT2D eigenvalue weighted by Crippen LogP contribution is -2.33. The number of amides is 1. The molecule has 0 aromatic heterocycles. The molecule has 1 N–H and O–H groups in total. The summed E-state index contributed by atoms with van der Waals surface area (Å²) in [5, 5.41) is 9.33. The van der Waals surface area contributed by atoms with Crippen LogP contribution < -0.4 is 4.90 Å². The van der Waals surface area contributed by atoms with Crippen LogP contribution in [0.2, 0.25) is 0 Å². The van der Waals surface area contributed by atoms with Crippen molar-refractivity contribution >= 4 is 21.6 Å². The summed E-state index contributed by atoms with van der Waals surface area (Å²) < 4.78 is 26.0. The van der Waals surface area contributed by atoms with Gasteiger partial charge in [-0.1, -0.05) is 0 Å². The molecule has 7 heteroatoms. The predicted octanol–water partition coefficient (Wildman–Crippen LogP) is 0.597. The van der Waals surface area contributed by atoms with Crippen LogP contribution in [0, 0.1) is 0 Å². The summed E-state index contributed by atoms with van der Waals surface area (Å²) in [5.41, 5.74) is 1.64. The Morgan fingerprint density at radius 2 is 2.14 bits per heavy atom. The number of aliphatic hydroxyl groups is 1. The molecule has 2 rings (SSSR count). The van der Waals surface area contributed by atoms with Crippen molar-refractivity contribution in [2.45, 2.75) is 31.3 Å². The van der Waals surface area contributed by atoms with E-state index in [4.69, 9.17) is 0 Å². The van der Waals surface area contributed by atoms with Gasteiger partial charge in [0, 0.05) is 32.7 Å². The molecule has 6 nitrogen and oxygen atoms in total. The number of carbonyl (C=O) groups is 1. The van der Waals surface area contributed by atoms with Crippen LogP contribution in [-0.4, -0.2) is 50.0 Å². The highest BCUT2D eigenvalue weighted by atomic mass is 32.2. The minimum Gasteiger partial charge on any atom is -0.392 e. The summed E-state index contributed by atoms with van der Waals surface area (Å²) in [6.45, 7) is 3.66. The van der Waals surface area contributed by atoms with E-state index in [0.29, 0.717) is 13.0 Å². The number of hydrogen-bond acceptors (Lipinski definition) is 4. The van der Waals surface area contributed by atoms with E-state index in [-0.39, 0.29) is 17.3 Å². The molecule has 0 fully saturated rings. The molecule has 0 aliphatic carbocycles. The quantitative estimate of drug-likeness (QED) is 0.883. The van der Waals surface area contributed by atoms with Gasteiger partial charge in [0.25, 0.3) is 0 Å². The van der Waals surface area contributed by atoms with E-state index in [1.54, 1.807) is 24.0 Å². The van der Waals surface area contributed by atoms with E-state index in [1.807, 2.05) is 0 Å². The maximum Gasteiger partial charge on any atom is 0.242 e. The zero-order valence-electron chi connectivity index (χ0n) is 12.4. The number of anilines is 1. The maximum atomic E-state index is 12.4. The van der Waals surface area contributed by atoms with Crippen molar-refractivity contribution in [3.05, 3.63) is 23.8 Å². The molecular formula is C14H20N2O4S. The molecule has 1 heterocycles. The summed E-state index contributed by atoms with van der Waals surface area (Å²) in [4.78, 5) is 13.3. The van der Waals surface area contributed by atoms with Gasteiger partial charge in [0.05, 0.1) is 11.0 Å². The van der Waals surface area contributed by atoms with Gasteiger partial charge < -0.3 is 10.0 Å². The van der Waals surface area contributed by atoms with Crippen molar-refractivity contribution in [1.82, 2.24) is 4.31 Å². The Hall–Kier alpha value is -1.44. The standard InChI is InChI=1S/C14H20N2O4S/c1-10(17)9-15(3)21(19,20)13-4-5-14-12(8-13)6-7-16(14)11(2)18/h4-5,8,10,17H,6-7,9H2,1-3H3. The number of sulfonamides is 1. The fourth-order valence-electron chi connectivity index (χ4n) is 2.52. The Bertz CT molecular complexity index is 655. The summed E-state index contributed by atoms with van der Waals surface area (Å²) >= 11 is 0. The topological polar surface area (TPSA) is 77.9 Å². The number of benzene rings is 1. The maximum absolute atomic E-state index is 12.4. The van der Waals surface area contributed by atoms with Gasteiger partial charge >= 0.3 is 0 Å².